The summed E-state index contributed by atoms with van der Waals surface area (Å²) in [6.07, 6.45) is 1.92. The van der Waals surface area contributed by atoms with E-state index in [9.17, 15) is 0 Å². The molecule has 1 aliphatic heterocycles. The van der Waals surface area contributed by atoms with Crippen LogP contribution >= 0.6 is 11.8 Å². The van der Waals surface area contributed by atoms with Gasteiger partial charge in [0.25, 0.3) is 0 Å². The molecule has 3 nitrogen and oxygen atoms in total. The molecule has 0 spiro atoms. The van der Waals surface area contributed by atoms with Gasteiger partial charge in [-0.05, 0) is 36.8 Å². The van der Waals surface area contributed by atoms with Crippen LogP contribution in [-0.4, -0.2) is 9.78 Å². The Morgan fingerprint density at radius 3 is 2.84 bits per heavy atom. The maximum Gasteiger partial charge on any atom is 0.0700 e. The molecule has 0 radical (unpaired) electrons. The topological polar surface area (TPSA) is 29.9 Å². The third-order valence-corrected chi connectivity index (χ3v) is 4.59. The molecular formula is C15H13N3S. The van der Waals surface area contributed by atoms with E-state index in [4.69, 9.17) is 0 Å². The minimum atomic E-state index is 1.16. The molecule has 3 aromatic rings. The zero-order chi connectivity index (χ0) is 13.0. The lowest BCUT2D eigenvalue weighted by molar-refractivity contribution is 0.797. The van der Waals surface area contributed by atoms with Gasteiger partial charge in [-0.2, -0.15) is 5.10 Å². The van der Waals surface area contributed by atoms with E-state index < -0.39 is 0 Å². The molecule has 4 heteroatoms. The van der Waals surface area contributed by atoms with Crippen molar-refractivity contribution in [3.05, 3.63) is 42.1 Å². The van der Waals surface area contributed by atoms with Gasteiger partial charge in [0.05, 0.1) is 23.1 Å². The smallest absolute Gasteiger partial charge is 0.0700 e. The van der Waals surface area contributed by atoms with Gasteiger partial charge in [-0.25, -0.2) is 0 Å². The van der Waals surface area contributed by atoms with E-state index in [1.807, 2.05) is 29.7 Å². The van der Waals surface area contributed by atoms with Crippen molar-refractivity contribution in [1.29, 1.82) is 0 Å². The highest BCUT2D eigenvalue weighted by molar-refractivity contribution is 7.99. The first-order valence-electron chi connectivity index (χ1n) is 6.22. The van der Waals surface area contributed by atoms with Crippen molar-refractivity contribution in [1.82, 2.24) is 9.78 Å². The van der Waals surface area contributed by atoms with Gasteiger partial charge >= 0.3 is 0 Å². The number of rotatable bonds is 0. The van der Waals surface area contributed by atoms with Crippen LogP contribution in [0.2, 0.25) is 0 Å². The van der Waals surface area contributed by atoms with Gasteiger partial charge in [0, 0.05) is 22.2 Å². The fourth-order valence-corrected chi connectivity index (χ4v) is 3.56. The van der Waals surface area contributed by atoms with Crippen molar-refractivity contribution in [2.24, 2.45) is 7.05 Å². The number of hydrogen-bond donors (Lipinski definition) is 1. The lowest BCUT2D eigenvalue weighted by atomic mass is 10.2. The van der Waals surface area contributed by atoms with E-state index in [1.165, 1.54) is 26.4 Å². The molecule has 0 unspecified atom stereocenters. The normalized spacial score (nSPS) is 12.9. The average Bonchev–Trinajstić information content (AvgIpc) is 2.75. The maximum absolute atomic E-state index is 4.31. The van der Waals surface area contributed by atoms with E-state index in [0.717, 1.165) is 11.2 Å². The number of hydrogen-bond acceptors (Lipinski definition) is 3. The molecule has 0 saturated heterocycles. The van der Waals surface area contributed by atoms with Crippen LogP contribution in [0, 0.1) is 6.92 Å². The molecule has 0 bridgehead atoms. The monoisotopic (exact) mass is 267 g/mol. The summed E-state index contributed by atoms with van der Waals surface area (Å²) in [5.41, 5.74) is 4.79. The highest BCUT2D eigenvalue weighted by atomic mass is 32.2. The van der Waals surface area contributed by atoms with Crippen molar-refractivity contribution >= 4 is 34.0 Å². The third-order valence-electron chi connectivity index (χ3n) is 3.47. The summed E-state index contributed by atoms with van der Waals surface area (Å²) < 4.78 is 1.91. The fraction of sp³-hybridized carbons (Fsp3) is 0.133. The third kappa shape index (κ3) is 1.64. The van der Waals surface area contributed by atoms with Crippen LogP contribution in [0.5, 0.6) is 0 Å². The molecule has 1 aromatic heterocycles. The van der Waals surface area contributed by atoms with Gasteiger partial charge in [0.15, 0.2) is 0 Å². The summed E-state index contributed by atoms with van der Waals surface area (Å²) in [4.78, 5) is 2.55. The van der Waals surface area contributed by atoms with Crippen LogP contribution in [0.25, 0.3) is 10.9 Å². The first-order chi connectivity index (χ1) is 9.20. The molecule has 0 aliphatic carbocycles. The van der Waals surface area contributed by atoms with Crippen LogP contribution in [-0.2, 0) is 7.05 Å². The number of fused-ring (bicyclic) bond motifs is 3. The molecule has 0 fully saturated rings. The molecule has 2 heterocycles. The largest absolute Gasteiger partial charge is 0.354 e. The summed E-state index contributed by atoms with van der Waals surface area (Å²) in [6.45, 7) is 2.13. The Hall–Kier alpha value is -1.94. The van der Waals surface area contributed by atoms with E-state index in [-0.39, 0.29) is 0 Å². The van der Waals surface area contributed by atoms with E-state index in [2.05, 4.69) is 47.7 Å². The Morgan fingerprint density at radius 1 is 1.11 bits per heavy atom. The van der Waals surface area contributed by atoms with Gasteiger partial charge in [-0.3, -0.25) is 4.68 Å². The van der Waals surface area contributed by atoms with Gasteiger partial charge in [0.2, 0.25) is 0 Å². The van der Waals surface area contributed by atoms with Gasteiger partial charge in [-0.15, -0.1) is 0 Å². The van der Waals surface area contributed by atoms with E-state index in [1.54, 1.807) is 0 Å². The zero-order valence-electron chi connectivity index (χ0n) is 10.8. The second kappa shape index (κ2) is 3.78. The van der Waals surface area contributed by atoms with Crippen molar-refractivity contribution in [3.8, 4) is 0 Å². The lowest BCUT2D eigenvalue weighted by Crippen LogP contribution is -2.00. The number of benzene rings is 2. The van der Waals surface area contributed by atoms with E-state index >= 15 is 0 Å². The average molecular weight is 267 g/mol. The Bertz CT molecular complexity index is 805. The Morgan fingerprint density at radius 2 is 1.95 bits per heavy atom. The second-order valence-corrected chi connectivity index (χ2v) is 5.99. The van der Waals surface area contributed by atoms with Crippen LogP contribution in [0.3, 0.4) is 0 Å². The second-order valence-electron chi connectivity index (χ2n) is 4.90. The van der Waals surface area contributed by atoms with Crippen molar-refractivity contribution in [2.75, 3.05) is 5.32 Å². The molecule has 1 aliphatic rings. The number of aryl methyl sites for hydroxylation is 2. The van der Waals surface area contributed by atoms with E-state index in [0.29, 0.717) is 0 Å². The van der Waals surface area contributed by atoms with Gasteiger partial charge in [0.1, 0.15) is 0 Å². The van der Waals surface area contributed by atoms with Crippen molar-refractivity contribution in [3.63, 3.8) is 0 Å². The summed E-state index contributed by atoms with van der Waals surface area (Å²) in [7, 11) is 1.97. The molecule has 0 saturated carbocycles. The number of nitrogens with zero attached hydrogens (tertiary/aromatic N) is 2. The molecule has 94 valence electrons. The molecule has 0 atom stereocenters. The van der Waals surface area contributed by atoms with Crippen LogP contribution in [0.4, 0.5) is 11.4 Å². The Balaban J connectivity index is 1.90. The summed E-state index contributed by atoms with van der Waals surface area (Å²) >= 11 is 1.82. The molecule has 1 N–H and O–H groups in total. The number of anilines is 2. The maximum atomic E-state index is 4.31. The first kappa shape index (κ1) is 10.9. The summed E-state index contributed by atoms with van der Waals surface area (Å²) in [6, 6.07) is 10.9. The summed E-state index contributed by atoms with van der Waals surface area (Å²) in [5, 5.41) is 9.01. The number of nitrogens with one attached hydrogen (secondary N) is 1. The standard InChI is InChI=1S/C15H13N3S/c1-9-3-4-11-14(5-9)19-15-6-10-8-16-18(2)13(10)7-12(15)17-11/h3-8,17H,1-2H3. The predicted molar refractivity (Wildman–Crippen MR) is 79.3 cm³/mol. The zero-order valence-corrected chi connectivity index (χ0v) is 11.6. The number of aromatic nitrogens is 2. The van der Waals surface area contributed by atoms with Gasteiger partial charge < -0.3 is 5.32 Å². The van der Waals surface area contributed by atoms with Crippen molar-refractivity contribution < 1.29 is 0 Å². The first-order valence-corrected chi connectivity index (χ1v) is 7.04. The molecule has 0 amide bonds. The molecule has 19 heavy (non-hydrogen) atoms. The quantitative estimate of drug-likeness (QED) is 0.520. The van der Waals surface area contributed by atoms with Crippen molar-refractivity contribution in [2.45, 2.75) is 16.7 Å². The van der Waals surface area contributed by atoms with Gasteiger partial charge in [-0.1, -0.05) is 17.8 Å². The molecule has 4 rings (SSSR count). The molecular weight excluding hydrogens is 254 g/mol. The predicted octanol–water partition coefficient (Wildman–Crippen LogP) is 4.09. The minimum absolute atomic E-state index is 1.16. The lowest BCUT2D eigenvalue weighted by Gasteiger charge is -2.21. The SMILES string of the molecule is Cc1ccc2c(c1)Sc1cc3cnn(C)c3cc1N2. The summed E-state index contributed by atoms with van der Waals surface area (Å²) in [5.74, 6) is 0. The highest BCUT2D eigenvalue weighted by Crippen LogP contribution is 2.45. The Labute approximate surface area is 115 Å². The highest BCUT2D eigenvalue weighted by Gasteiger charge is 2.17. The fourth-order valence-electron chi connectivity index (χ4n) is 2.44. The van der Waals surface area contributed by atoms with Crippen LogP contribution in [0.15, 0.2) is 46.3 Å². The Kier molecular flexibility index (Phi) is 2.17. The minimum Gasteiger partial charge on any atom is -0.354 e. The van der Waals surface area contributed by atoms with Crippen LogP contribution in [0.1, 0.15) is 5.56 Å². The molecule has 2 aromatic carbocycles. The van der Waals surface area contributed by atoms with Crippen LogP contribution < -0.4 is 5.32 Å².